The van der Waals surface area contributed by atoms with Gasteiger partial charge < -0.3 is 9.29 Å². The third-order valence-electron chi connectivity index (χ3n) is 3.79. The van der Waals surface area contributed by atoms with Gasteiger partial charge in [-0.25, -0.2) is 8.42 Å². The molecule has 0 aromatic heterocycles. The van der Waals surface area contributed by atoms with Crippen LogP contribution in [0.3, 0.4) is 0 Å². The second-order valence-corrected chi connectivity index (χ2v) is 7.61. The Morgan fingerprint density at radius 1 is 1.18 bits per heavy atom. The number of ether oxygens (including phenoxy) is 1. The van der Waals surface area contributed by atoms with Gasteiger partial charge in [-0.1, -0.05) is 58.2 Å². The monoisotopic (exact) mass is 336 g/mol. The van der Waals surface area contributed by atoms with Gasteiger partial charge in [0.05, 0.1) is 5.25 Å². The minimum absolute atomic E-state index is 0. The number of benzene rings is 1. The average molecular weight is 336 g/mol. The van der Waals surface area contributed by atoms with E-state index in [0.29, 0.717) is 12.2 Å². The number of unbranched alkanes of at least 4 members (excludes halogenated alkanes) is 2. The molecule has 1 unspecified atom stereocenters. The molecule has 1 aromatic carbocycles. The van der Waals surface area contributed by atoms with Crippen molar-refractivity contribution in [3.05, 3.63) is 30.3 Å². The fourth-order valence-corrected chi connectivity index (χ4v) is 3.51. The van der Waals surface area contributed by atoms with Crippen LogP contribution in [0.25, 0.3) is 0 Å². The Morgan fingerprint density at radius 2 is 1.77 bits per heavy atom. The zero-order valence-corrected chi connectivity index (χ0v) is 16.9. The number of rotatable bonds is 9. The molecule has 0 spiro atoms. The van der Waals surface area contributed by atoms with Crippen molar-refractivity contribution in [2.24, 2.45) is 5.41 Å². The molecule has 4 nitrogen and oxygen atoms in total. The van der Waals surface area contributed by atoms with Crippen molar-refractivity contribution in [3.63, 3.8) is 0 Å². The summed E-state index contributed by atoms with van der Waals surface area (Å²) in [5, 5.41) is -1.04. The molecule has 0 aliphatic heterocycles. The minimum atomic E-state index is -4.40. The SMILES string of the molecule is CCCCCC(C)(C)C(COc1ccccc1)S(=O)(=O)[O-].[Na+]. The molecule has 1 rings (SSSR count). The van der Waals surface area contributed by atoms with Gasteiger partial charge in [0.25, 0.3) is 0 Å². The number of hydrogen-bond acceptors (Lipinski definition) is 4. The molecule has 0 radical (unpaired) electrons. The predicted octanol–water partition coefficient (Wildman–Crippen LogP) is 0.590. The van der Waals surface area contributed by atoms with Crippen molar-refractivity contribution in [3.8, 4) is 5.75 Å². The molecule has 0 heterocycles. The molecule has 0 saturated heterocycles. The van der Waals surface area contributed by atoms with E-state index in [1.54, 1.807) is 12.1 Å². The van der Waals surface area contributed by atoms with Crippen molar-refractivity contribution < 1.29 is 47.3 Å². The third kappa shape index (κ3) is 7.47. The molecule has 0 amide bonds. The first-order valence-corrected chi connectivity index (χ1v) is 8.87. The first-order valence-electron chi connectivity index (χ1n) is 7.40. The van der Waals surface area contributed by atoms with Gasteiger partial charge in [-0.05, 0) is 24.0 Å². The molecule has 0 fully saturated rings. The fourth-order valence-electron chi connectivity index (χ4n) is 2.38. The van der Waals surface area contributed by atoms with Gasteiger partial charge in [-0.15, -0.1) is 0 Å². The maximum Gasteiger partial charge on any atom is 1.00 e. The molecule has 0 aliphatic carbocycles. The van der Waals surface area contributed by atoms with Gasteiger partial charge in [-0.2, -0.15) is 0 Å². The summed E-state index contributed by atoms with van der Waals surface area (Å²) in [6, 6.07) is 8.96. The molecule has 6 heteroatoms. The Kier molecular flexibility index (Phi) is 9.90. The van der Waals surface area contributed by atoms with Crippen molar-refractivity contribution in [2.45, 2.75) is 51.7 Å². The molecule has 1 atom stereocenters. The average Bonchev–Trinajstić information content (AvgIpc) is 2.38. The zero-order valence-electron chi connectivity index (χ0n) is 14.0. The van der Waals surface area contributed by atoms with Crippen LogP contribution >= 0.6 is 0 Å². The van der Waals surface area contributed by atoms with Gasteiger partial charge in [0.1, 0.15) is 22.5 Å². The predicted molar refractivity (Wildman–Crippen MR) is 83.3 cm³/mol. The largest absolute Gasteiger partial charge is 1.00 e. The molecule has 22 heavy (non-hydrogen) atoms. The first kappa shape index (κ1) is 21.9. The van der Waals surface area contributed by atoms with Crippen LogP contribution in [-0.2, 0) is 10.1 Å². The third-order valence-corrected chi connectivity index (χ3v) is 5.26. The van der Waals surface area contributed by atoms with E-state index in [1.165, 1.54) is 0 Å². The van der Waals surface area contributed by atoms with Crippen molar-refractivity contribution >= 4 is 10.1 Å². The number of hydrogen-bond donors (Lipinski definition) is 0. The van der Waals surface area contributed by atoms with Gasteiger partial charge >= 0.3 is 29.6 Å². The summed E-state index contributed by atoms with van der Waals surface area (Å²) in [6.45, 7) is 5.65. The molecule has 0 saturated carbocycles. The Balaban J connectivity index is 0.00000441. The van der Waals surface area contributed by atoms with Crippen LogP contribution in [0.15, 0.2) is 30.3 Å². The maximum atomic E-state index is 11.6. The van der Waals surface area contributed by atoms with Gasteiger partial charge in [0.2, 0.25) is 0 Å². The molecule has 120 valence electrons. The van der Waals surface area contributed by atoms with Crippen LogP contribution in [-0.4, -0.2) is 24.8 Å². The summed E-state index contributed by atoms with van der Waals surface area (Å²) in [5.74, 6) is 0.579. The summed E-state index contributed by atoms with van der Waals surface area (Å²) in [5.41, 5.74) is -0.593. The summed E-state index contributed by atoms with van der Waals surface area (Å²) >= 11 is 0. The molecule has 0 aliphatic rings. The summed E-state index contributed by atoms with van der Waals surface area (Å²) < 4.78 is 40.3. The van der Waals surface area contributed by atoms with E-state index in [9.17, 15) is 13.0 Å². The van der Waals surface area contributed by atoms with Crippen LogP contribution in [0, 0.1) is 5.41 Å². The van der Waals surface area contributed by atoms with E-state index >= 15 is 0 Å². The summed E-state index contributed by atoms with van der Waals surface area (Å²) in [6.07, 6.45) is 3.71. The second kappa shape index (κ2) is 9.93. The molecule has 0 N–H and O–H groups in total. The zero-order chi connectivity index (χ0) is 15.9. The van der Waals surface area contributed by atoms with Crippen LogP contribution in [0.2, 0.25) is 0 Å². The maximum absolute atomic E-state index is 11.6. The van der Waals surface area contributed by atoms with E-state index in [2.05, 4.69) is 6.92 Å². The Labute approximate surface area is 156 Å². The van der Waals surface area contributed by atoms with E-state index in [1.807, 2.05) is 32.0 Å². The van der Waals surface area contributed by atoms with E-state index in [0.717, 1.165) is 19.3 Å². The van der Waals surface area contributed by atoms with Crippen LogP contribution in [0.5, 0.6) is 5.75 Å². The normalized spacial score (nSPS) is 13.3. The first-order chi connectivity index (χ1) is 9.77. The quantitative estimate of drug-likeness (QED) is 0.376. The van der Waals surface area contributed by atoms with E-state index in [-0.39, 0.29) is 36.2 Å². The van der Waals surface area contributed by atoms with Crippen LogP contribution in [0.1, 0.15) is 46.5 Å². The molecular weight excluding hydrogens is 311 g/mol. The fraction of sp³-hybridized carbons (Fsp3) is 0.625. The standard InChI is InChI=1S/C16H26O4S.Na/c1-4-5-9-12-16(2,3)15(21(17,18)19)13-20-14-10-7-6-8-11-14;/h6-8,10-11,15H,4-5,9,12-13H2,1-3H3,(H,17,18,19);/q;+1/p-1. The van der Waals surface area contributed by atoms with Crippen molar-refractivity contribution in [1.29, 1.82) is 0 Å². The van der Waals surface area contributed by atoms with Gasteiger partial charge in [-0.3, -0.25) is 0 Å². The summed E-state index contributed by atoms with van der Waals surface area (Å²) in [7, 11) is -4.40. The molecule has 1 aromatic rings. The van der Waals surface area contributed by atoms with E-state index < -0.39 is 20.8 Å². The van der Waals surface area contributed by atoms with Gasteiger partial charge in [0.15, 0.2) is 0 Å². The minimum Gasteiger partial charge on any atom is -0.748 e. The number of para-hydroxylation sites is 1. The van der Waals surface area contributed by atoms with Crippen molar-refractivity contribution in [1.82, 2.24) is 0 Å². The Hall–Kier alpha value is -0.0700. The molecular formula is C16H25NaO4S. The topological polar surface area (TPSA) is 66.4 Å². The summed E-state index contributed by atoms with van der Waals surface area (Å²) in [4.78, 5) is 0. The van der Waals surface area contributed by atoms with Crippen LogP contribution in [0.4, 0.5) is 0 Å². The molecule has 0 bridgehead atoms. The van der Waals surface area contributed by atoms with E-state index in [4.69, 9.17) is 4.74 Å². The Bertz CT molecular complexity index is 514. The smallest absolute Gasteiger partial charge is 0.748 e. The Morgan fingerprint density at radius 3 is 2.27 bits per heavy atom. The van der Waals surface area contributed by atoms with Gasteiger partial charge in [0, 0.05) is 0 Å². The van der Waals surface area contributed by atoms with Crippen molar-refractivity contribution in [2.75, 3.05) is 6.61 Å². The van der Waals surface area contributed by atoms with Crippen LogP contribution < -0.4 is 34.3 Å². The second-order valence-electron chi connectivity index (χ2n) is 6.05.